The molecule has 1 aliphatic rings. The third-order valence-electron chi connectivity index (χ3n) is 10.9. The number of methoxy groups -OCH3 is 2. The summed E-state index contributed by atoms with van der Waals surface area (Å²) in [5.74, 6) is -2.04. The maximum Gasteiger partial charge on any atom is 0.245 e. The molecule has 0 unspecified atom stereocenters. The maximum absolute atomic E-state index is 14.1. The molecule has 0 aliphatic carbocycles. The van der Waals surface area contributed by atoms with Crippen LogP contribution in [0, 0.1) is 17.8 Å². The van der Waals surface area contributed by atoms with E-state index in [1.165, 1.54) is 0 Å². The van der Waals surface area contributed by atoms with Crippen molar-refractivity contribution < 1.29 is 38.9 Å². The number of likely N-dealkylation sites (tertiary alicyclic amines) is 1. The molecule has 1 heterocycles. The standard InChI is InChI=1S/C39H67N5O8/c1-11-26(5)35(43(8)39(50)34(25(3)4)41-38(49)31(24-46)42(7)12-2)32(51-9)22-33(47)44-20-16-19-30(44)36(52-10)27(6)37(48)40-29(23-45)21-28-17-14-13-15-18-28/h13-15,17-18,25-27,29-32,34-36,45-46H,11-12,16,19-24H2,1-10H3,(H,40,48)(H,41,49)/t26-,27+,29-,30-,31-,32+,34-,35-,36+/m0/s1. The highest BCUT2D eigenvalue weighted by atomic mass is 16.5. The van der Waals surface area contributed by atoms with E-state index in [4.69, 9.17) is 9.47 Å². The quantitative estimate of drug-likeness (QED) is 0.140. The fraction of sp³-hybridized carbons (Fsp3) is 0.744. The number of carbonyl (C=O) groups excluding carboxylic acids is 4. The Labute approximate surface area is 311 Å². The highest BCUT2D eigenvalue weighted by molar-refractivity contribution is 5.90. The Hall–Kier alpha value is -3.10. The highest BCUT2D eigenvalue weighted by Crippen LogP contribution is 2.29. The van der Waals surface area contributed by atoms with E-state index in [9.17, 15) is 29.4 Å². The van der Waals surface area contributed by atoms with Gasteiger partial charge in [0.2, 0.25) is 23.6 Å². The predicted molar refractivity (Wildman–Crippen MR) is 201 cm³/mol. The number of nitrogens with one attached hydrogen (secondary N) is 2. The number of benzene rings is 1. The van der Waals surface area contributed by atoms with E-state index >= 15 is 0 Å². The number of aliphatic hydroxyl groups is 2. The molecule has 13 heteroatoms. The minimum Gasteiger partial charge on any atom is -0.394 e. The molecule has 4 N–H and O–H groups in total. The molecule has 0 radical (unpaired) electrons. The summed E-state index contributed by atoms with van der Waals surface area (Å²) in [5.41, 5.74) is 1.00. The number of nitrogens with zero attached hydrogens (tertiary/aromatic N) is 3. The molecule has 52 heavy (non-hydrogen) atoms. The fourth-order valence-corrected chi connectivity index (χ4v) is 7.32. The van der Waals surface area contributed by atoms with Crippen LogP contribution in [0.15, 0.2) is 30.3 Å². The van der Waals surface area contributed by atoms with Gasteiger partial charge in [-0.2, -0.15) is 0 Å². The highest BCUT2D eigenvalue weighted by Gasteiger charge is 2.43. The summed E-state index contributed by atoms with van der Waals surface area (Å²) in [6, 6.07) is 6.71. The normalized spacial score (nSPS) is 19.3. The maximum atomic E-state index is 14.1. The molecule has 9 atom stereocenters. The van der Waals surface area contributed by atoms with Gasteiger partial charge in [0, 0.05) is 27.8 Å². The van der Waals surface area contributed by atoms with E-state index in [-0.39, 0.29) is 55.2 Å². The molecule has 1 aromatic carbocycles. The Bertz CT molecular complexity index is 1250. The van der Waals surface area contributed by atoms with Crippen LogP contribution in [-0.4, -0.2) is 146 Å². The first kappa shape index (κ1) is 45.1. The van der Waals surface area contributed by atoms with E-state index in [0.717, 1.165) is 12.0 Å². The van der Waals surface area contributed by atoms with Crippen LogP contribution in [0.5, 0.6) is 0 Å². The van der Waals surface area contributed by atoms with Crippen LogP contribution in [0.25, 0.3) is 0 Å². The van der Waals surface area contributed by atoms with E-state index in [2.05, 4.69) is 10.6 Å². The van der Waals surface area contributed by atoms with Crippen LogP contribution < -0.4 is 10.6 Å². The summed E-state index contributed by atoms with van der Waals surface area (Å²) < 4.78 is 11.9. The first-order valence-corrected chi connectivity index (χ1v) is 18.9. The summed E-state index contributed by atoms with van der Waals surface area (Å²) in [5, 5.41) is 25.8. The molecule has 13 nitrogen and oxygen atoms in total. The zero-order chi connectivity index (χ0) is 39.1. The Balaban J connectivity index is 2.24. The molecule has 0 aromatic heterocycles. The van der Waals surface area contributed by atoms with Crippen molar-refractivity contribution in [2.24, 2.45) is 17.8 Å². The number of ether oxygens (including phenoxy) is 2. The van der Waals surface area contributed by atoms with Gasteiger partial charge in [-0.3, -0.25) is 24.1 Å². The number of aliphatic hydroxyl groups excluding tert-OH is 2. The average Bonchev–Trinajstić information content (AvgIpc) is 3.63. The first-order valence-electron chi connectivity index (χ1n) is 18.9. The lowest BCUT2D eigenvalue weighted by Crippen LogP contribution is -2.59. The van der Waals surface area contributed by atoms with Gasteiger partial charge in [0.15, 0.2) is 0 Å². The number of likely N-dealkylation sites (N-methyl/N-ethyl adjacent to an activating group) is 2. The van der Waals surface area contributed by atoms with E-state index in [0.29, 0.717) is 32.4 Å². The Morgan fingerprint density at radius 3 is 2.12 bits per heavy atom. The SMILES string of the molecule is CC[C@H](C)[C@@H]([C@@H](CC(=O)N1CCC[C@H]1[C@H](OC)[C@@H](C)C(=O)N[C@H](CO)Cc1ccccc1)OC)N(C)C(=O)[C@@H](NC(=O)[C@H](CO)N(C)CC)C(C)C. The van der Waals surface area contributed by atoms with Crippen molar-refractivity contribution in [2.75, 3.05) is 54.6 Å². The monoisotopic (exact) mass is 733 g/mol. The van der Waals surface area contributed by atoms with Gasteiger partial charge in [-0.25, -0.2) is 0 Å². The number of carbonyl (C=O) groups is 4. The van der Waals surface area contributed by atoms with E-state index in [1.807, 2.05) is 65.0 Å². The van der Waals surface area contributed by atoms with Crippen molar-refractivity contribution >= 4 is 23.6 Å². The second-order valence-corrected chi connectivity index (χ2v) is 14.7. The molecule has 4 amide bonds. The lowest BCUT2D eigenvalue weighted by atomic mass is 9.89. The lowest BCUT2D eigenvalue weighted by Gasteiger charge is -2.41. The fourth-order valence-electron chi connectivity index (χ4n) is 7.32. The number of amides is 4. The second kappa shape index (κ2) is 22.2. The smallest absolute Gasteiger partial charge is 0.245 e. The van der Waals surface area contributed by atoms with Crippen LogP contribution in [-0.2, 0) is 35.1 Å². The minimum absolute atomic E-state index is 0.00683. The molecule has 0 spiro atoms. The first-order chi connectivity index (χ1) is 24.7. The Morgan fingerprint density at radius 1 is 0.942 bits per heavy atom. The molecule has 2 rings (SSSR count). The molecule has 1 fully saturated rings. The Morgan fingerprint density at radius 2 is 1.60 bits per heavy atom. The van der Waals surface area contributed by atoms with Crippen molar-refractivity contribution in [2.45, 2.75) is 116 Å². The average molecular weight is 734 g/mol. The van der Waals surface area contributed by atoms with Gasteiger partial charge in [-0.1, -0.05) is 78.3 Å². The van der Waals surface area contributed by atoms with E-state index in [1.54, 1.807) is 49.9 Å². The zero-order valence-electron chi connectivity index (χ0n) is 33.2. The van der Waals surface area contributed by atoms with Gasteiger partial charge >= 0.3 is 0 Å². The summed E-state index contributed by atoms with van der Waals surface area (Å²) in [6.07, 6.45) is 1.39. The van der Waals surface area contributed by atoms with Crippen molar-refractivity contribution in [3.05, 3.63) is 35.9 Å². The van der Waals surface area contributed by atoms with Gasteiger partial charge in [-0.15, -0.1) is 0 Å². The third-order valence-corrected chi connectivity index (χ3v) is 10.9. The van der Waals surface area contributed by atoms with Gasteiger partial charge in [-0.05, 0) is 50.3 Å². The van der Waals surface area contributed by atoms with Gasteiger partial charge in [0.1, 0.15) is 12.1 Å². The van der Waals surface area contributed by atoms with Gasteiger partial charge < -0.3 is 40.1 Å². The van der Waals surface area contributed by atoms with Crippen molar-refractivity contribution in [3.8, 4) is 0 Å². The zero-order valence-corrected chi connectivity index (χ0v) is 33.2. The van der Waals surface area contributed by atoms with Crippen LogP contribution in [0.2, 0.25) is 0 Å². The predicted octanol–water partition coefficient (Wildman–Crippen LogP) is 2.08. The van der Waals surface area contributed by atoms with Crippen LogP contribution in [0.3, 0.4) is 0 Å². The third kappa shape index (κ3) is 12.0. The van der Waals surface area contributed by atoms with E-state index < -0.39 is 48.2 Å². The topological polar surface area (TPSA) is 161 Å². The molecule has 0 saturated carbocycles. The van der Waals surface area contributed by atoms with Crippen molar-refractivity contribution in [1.29, 1.82) is 0 Å². The molecule has 1 aliphatic heterocycles. The molecule has 1 aromatic rings. The molecule has 1 saturated heterocycles. The molecule has 0 bridgehead atoms. The summed E-state index contributed by atoms with van der Waals surface area (Å²) in [4.78, 5) is 60.0. The van der Waals surface area contributed by atoms with Crippen molar-refractivity contribution in [3.63, 3.8) is 0 Å². The molecular weight excluding hydrogens is 666 g/mol. The molecule has 296 valence electrons. The Kier molecular flexibility index (Phi) is 19.2. The summed E-state index contributed by atoms with van der Waals surface area (Å²) in [7, 11) is 6.52. The lowest BCUT2D eigenvalue weighted by molar-refractivity contribution is -0.148. The number of hydrogen-bond donors (Lipinski definition) is 4. The summed E-state index contributed by atoms with van der Waals surface area (Å²) >= 11 is 0. The number of hydrogen-bond acceptors (Lipinski definition) is 9. The van der Waals surface area contributed by atoms with Gasteiger partial charge in [0.25, 0.3) is 0 Å². The summed E-state index contributed by atoms with van der Waals surface area (Å²) in [6.45, 7) is 11.9. The largest absolute Gasteiger partial charge is 0.394 e. The molecular formula is C39H67N5O8. The van der Waals surface area contributed by atoms with Crippen molar-refractivity contribution in [1.82, 2.24) is 25.3 Å². The van der Waals surface area contributed by atoms with Gasteiger partial charge in [0.05, 0.1) is 55.9 Å². The number of rotatable bonds is 22. The van der Waals surface area contributed by atoms with Crippen LogP contribution in [0.4, 0.5) is 0 Å². The van der Waals surface area contributed by atoms with Crippen LogP contribution >= 0.6 is 0 Å². The van der Waals surface area contributed by atoms with Crippen LogP contribution in [0.1, 0.15) is 72.8 Å². The second-order valence-electron chi connectivity index (χ2n) is 14.7. The minimum atomic E-state index is -0.854.